The highest BCUT2D eigenvalue weighted by atomic mass is 16.6. The molecule has 5 nitrogen and oxygen atoms in total. The number of hydrogen-bond acceptors (Lipinski definition) is 5. The summed E-state index contributed by atoms with van der Waals surface area (Å²) in [7, 11) is 0. The maximum Gasteiger partial charge on any atom is 0.306 e. The zero-order valence-electron chi connectivity index (χ0n) is 38.9. The van der Waals surface area contributed by atoms with Gasteiger partial charge in [-0.15, -0.1) is 0 Å². The Hall–Kier alpha value is -3.44. The van der Waals surface area contributed by atoms with Gasteiger partial charge in [0.05, 0.1) is 6.61 Å². The van der Waals surface area contributed by atoms with E-state index in [9.17, 15) is 9.59 Å². The molecule has 0 N–H and O–H groups in total. The molecule has 0 amide bonds. The van der Waals surface area contributed by atoms with Gasteiger partial charge in [-0.25, -0.2) is 0 Å². The number of hydrogen-bond donors (Lipinski definition) is 0. The fourth-order valence-electron chi connectivity index (χ4n) is 6.21. The summed E-state index contributed by atoms with van der Waals surface area (Å²) in [5.74, 6) is -0.529. The molecular weight excluding hydrogens is 741 g/mol. The van der Waals surface area contributed by atoms with Gasteiger partial charge in [0.1, 0.15) is 6.61 Å². The van der Waals surface area contributed by atoms with Crippen LogP contribution in [0.5, 0.6) is 0 Å². The van der Waals surface area contributed by atoms with Gasteiger partial charge < -0.3 is 14.2 Å². The Bertz CT molecular complexity index is 1210. The van der Waals surface area contributed by atoms with Crippen LogP contribution in [0.25, 0.3) is 0 Å². The lowest BCUT2D eigenvalue weighted by Crippen LogP contribution is -2.30. The van der Waals surface area contributed by atoms with E-state index >= 15 is 0 Å². The second-order valence-electron chi connectivity index (χ2n) is 15.6. The first-order valence-corrected chi connectivity index (χ1v) is 24.4. The predicted octanol–water partition coefficient (Wildman–Crippen LogP) is 16.4. The van der Waals surface area contributed by atoms with E-state index in [0.717, 1.165) is 96.3 Å². The molecule has 0 aromatic rings. The highest BCUT2D eigenvalue weighted by Gasteiger charge is 2.17. The van der Waals surface area contributed by atoms with E-state index in [0.29, 0.717) is 19.4 Å². The first-order valence-electron chi connectivity index (χ1n) is 24.4. The number of rotatable bonds is 43. The molecule has 0 bridgehead atoms. The topological polar surface area (TPSA) is 61.8 Å². The number of esters is 2. The van der Waals surface area contributed by atoms with Crippen LogP contribution >= 0.6 is 0 Å². The zero-order valence-corrected chi connectivity index (χ0v) is 38.9. The van der Waals surface area contributed by atoms with Crippen molar-refractivity contribution >= 4 is 11.9 Å². The van der Waals surface area contributed by atoms with E-state index in [1.807, 2.05) is 6.08 Å². The molecule has 0 aliphatic carbocycles. The van der Waals surface area contributed by atoms with Crippen LogP contribution in [0.2, 0.25) is 0 Å². The van der Waals surface area contributed by atoms with E-state index < -0.39 is 6.10 Å². The molecule has 0 saturated carbocycles. The SMILES string of the molecule is CC/C=C\C/C=C\C/C=C\C/C=C\CCCCCCC(=O)OCC(COCCCCCCCC/C=C\CCCCCC)OC(=O)CC/C=C\C/C=C\C/C=C\C/C=C\CC. The van der Waals surface area contributed by atoms with Crippen molar-refractivity contribution in [2.75, 3.05) is 19.8 Å². The minimum Gasteiger partial charge on any atom is -0.462 e. The summed E-state index contributed by atoms with van der Waals surface area (Å²) in [6, 6.07) is 0. The van der Waals surface area contributed by atoms with Crippen molar-refractivity contribution in [2.45, 2.75) is 207 Å². The summed E-state index contributed by atoms with van der Waals surface area (Å²) in [5, 5.41) is 0. The largest absolute Gasteiger partial charge is 0.462 e. The summed E-state index contributed by atoms with van der Waals surface area (Å²) in [6.07, 6.45) is 68.2. The van der Waals surface area contributed by atoms with Crippen molar-refractivity contribution in [1.82, 2.24) is 0 Å². The molecule has 5 heteroatoms. The third kappa shape index (κ3) is 47.2. The second-order valence-corrected chi connectivity index (χ2v) is 15.6. The van der Waals surface area contributed by atoms with Crippen LogP contribution in [-0.4, -0.2) is 37.9 Å². The van der Waals surface area contributed by atoms with Crippen molar-refractivity contribution in [3.63, 3.8) is 0 Å². The van der Waals surface area contributed by atoms with Crippen molar-refractivity contribution in [1.29, 1.82) is 0 Å². The van der Waals surface area contributed by atoms with Gasteiger partial charge in [-0.1, -0.05) is 188 Å². The molecule has 340 valence electrons. The summed E-state index contributed by atoms with van der Waals surface area (Å²) < 4.78 is 17.3. The Morgan fingerprint density at radius 2 is 0.783 bits per heavy atom. The second kappa shape index (κ2) is 49.9. The standard InChI is InChI=1S/C55H90O5/c1-4-7-10-13-16-19-22-25-27-28-29-31-33-36-39-42-45-48-54(56)59-52-53(51-58-50-47-44-41-38-35-32-26-23-20-17-14-11-8-5-2)60-55(57)49-46-43-40-37-34-30-24-21-18-15-12-9-6-3/h7,9-10,12,16,18-21,23,25,27,29-31,34,40,43,53H,4-6,8,11,13-15,17,22,24,26,28,32-33,35-39,41-42,44-52H2,1-3H3/b10-7-,12-9-,19-16-,21-18-,23-20-,27-25-,31-29-,34-30-,43-40-. The van der Waals surface area contributed by atoms with Gasteiger partial charge in [0.25, 0.3) is 0 Å². The monoisotopic (exact) mass is 831 g/mol. The maximum absolute atomic E-state index is 12.7. The summed E-state index contributed by atoms with van der Waals surface area (Å²) in [5.41, 5.74) is 0. The zero-order chi connectivity index (χ0) is 43.5. The van der Waals surface area contributed by atoms with E-state index in [2.05, 4.69) is 124 Å². The Morgan fingerprint density at radius 1 is 0.383 bits per heavy atom. The van der Waals surface area contributed by atoms with Gasteiger partial charge in [0.2, 0.25) is 0 Å². The van der Waals surface area contributed by atoms with Crippen LogP contribution < -0.4 is 0 Å². The molecule has 0 aromatic heterocycles. The van der Waals surface area contributed by atoms with Crippen LogP contribution in [0.15, 0.2) is 109 Å². The molecule has 1 atom stereocenters. The molecular formula is C55H90O5. The number of allylic oxidation sites excluding steroid dienone is 18. The molecule has 0 saturated heterocycles. The Morgan fingerprint density at radius 3 is 1.28 bits per heavy atom. The molecule has 0 aliphatic heterocycles. The van der Waals surface area contributed by atoms with Crippen LogP contribution in [0, 0.1) is 0 Å². The van der Waals surface area contributed by atoms with Gasteiger partial charge >= 0.3 is 11.9 Å². The van der Waals surface area contributed by atoms with Gasteiger partial charge in [-0.2, -0.15) is 0 Å². The minimum absolute atomic E-state index is 0.0353. The van der Waals surface area contributed by atoms with Crippen molar-refractivity contribution in [3.8, 4) is 0 Å². The summed E-state index contributed by atoms with van der Waals surface area (Å²) >= 11 is 0. The summed E-state index contributed by atoms with van der Waals surface area (Å²) in [6.45, 7) is 7.45. The molecule has 0 aliphatic rings. The molecule has 0 spiro atoms. The van der Waals surface area contributed by atoms with E-state index in [1.165, 1.54) is 64.2 Å². The molecule has 0 aromatic carbocycles. The molecule has 60 heavy (non-hydrogen) atoms. The van der Waals surface area contributed by atoms with Crippen LogP contribution in [0.3, 0.4) is 0 Å². The van der Waals surface area contributed by atoms with Crippen LogP contribution in [0.4, 0.5) is 0 Å². The lowest BCUT2D eigenvalue weighted by molar-refractivity contribution is -0.162. The lowest BCUT2D eigenvalue weighted by atomic mass is 10.1. The van der Waals surface area contributed by atoms with Gasteiger partial charge in [-0.05, 0) is 109 Å². The smallest absolute Gasteiger partial charge is 0.306 e. The molecule has 0 fully saturated rings. The quantitative estimate of drug-likeness (QED) is 0.0348. The number of carbonyl (C=O) groups is 2. The molecule has 0 rings (SSSR count). The Balaban J connectivity index is 4.42. The van der Waals surface area contributed by atoms with Crippen LogP contribution in [0.1, 0.15) is 201 Å². The average molecular weight is 831 g/mol. The Labute approximate surface area is 370 Å². The van der Waals surface area contributed by atoms with Gasteiger partial charge in [-0.3, -0.25) is 9.59 Å². The van der Waals surface area contributed by atoms with Crippen LogP contribution in [-0.2, 0) is 23.8 Å². The Kier molecular flexibility index (Phi) is 47.1. The third-order valence-electron chi connectivity index (χ3n) is 9.79. The molecule has 0 radical (unpaired) electrons. The number of unbranched alkanes of at least 4 members (excludes halogenated alkanes) is 14. The number of carbonyl (C=O) groups excluding carboxylic acids is 2. The van der Waals surface area contributed by atoms with Crippen molar-refractivity contribution in [2.24, 2.45) is 0 Å². The molecule has 1 unspecified atom stereocenters. The average Bonchev–Trinajstić information content (AvgIpc) is 3.25. The van der Waals surface area contributed by atoms with Crippen molar-refractivity contribution in [3.05, 3.63) is 109 Å². The highest BCUT2D eigenvalue weighted by molar-refractivity contribution is 5.70. The van der Waals surface area contributed by atoms with E-state index in [4.69, 9.17) is 14.2 Å². The predicted molar refractivity (Wildman–Crippen MR) is 260 cm³/mol. The van der Waals surface area contributed by atoms with Gasteiger partial charge in [0, 0.05) is 19.4 Å². The first-order chi connectivity index (χ1) is 29.6. The van der Waals surface area contributed by atoms with Crippen molar-refractivity contribution < 1.29 is 23.8 Å². The minimum atomic E-state index is -0.593. The highest BCUT2D eigenvalue weighted by Crippen LogP contribution is 2.11. The van der Waals surface area contributed by atoms with Gasteiger partial charge in [0.15, 0.2) is 6.10 Å². The number of ether oxygens (including phenoxy) is 3. The first kappa shape index (κ1) is 56.6. The van der Waals surface area contributed by atoms with E-state index in [-0.39, 0.29) is 31.6 Å². The fraction of sp³-hybridized carbons (Fsp3) is 0.636. The van der Waals surface area contributed by atoms with E-state index in [1.54, 1.807) is 0 Å². The summed E-state index contributed by atoms with van der Waals surface area (Å²) in [4.78, 5) is 25.3. The third-order valence-corrected chi connectivity index (χ3v) is 9.79. The maximum atomic E-state index is 12.7. The lowest BCUT2D eigenvalue weighted by Gasteiger charge is -2.18. The molecule has 0 heterocycles. The normalized spacial score (nSPS) is 13.2. The fourth-order valence-corrected chi connectivity index (χ4v) is 6.21.